The van der Waals surface area contributed by atoms with Crippen LogP contribution < -0.4 is 5.32 Å². The van der Waals surface area contributed by atoms with Gasteiger partial charge in [0.25, 0.3) is 11.8 Å². The summed E-state index contributed by atoms with van der Waals surface area (Å²) in [5, 5.41) is 5.13. The van der Waals surface area contributed by atoms with Gasteiger partial charge in [-0.25, -0.2) is 0 Å². The number of furan rings is 1. The summed E-state index contributed by atoms with van der Waals surface area (Å²) in [6, 6.07) is 22.9. The van der Waals surface area contributed by atoms with E-state index in [0.717, 1.165) is 16.5 Å². The Morgan fingerprint density at radius 3 is 2.50 bits per heavy atom. The molecule has 1 aromatic heterocycles. The maximum atomic E-state index is 13.0. The number of amides is 2. The molecule has 1 heterocycles. The van der Waals surface area contributed by atoms with Gasteiger partial charge in [0.05, 0.1) is 6.26 Å². The highest BCUT2D eigenvalue weighted by Gasteiger charge is 2.16. The fraction of sp³-hybridized carbons (Fsp3) is 0.120. The molecule has 0 saturated heterocycles. The minimum absolute atomic E-state index is 0.114. The van der Waals surface area contributed by atoms with Crippen LogP contribution in [0.1, 0.15) is 32.0 Å². The lowest BCUT2D eigenvalue weighted by atomic mass is 10.1. The minimum Gasteiger partial charge on any atom is -0.459 e. The monoisotopic (exact) mass is 398 g/mol. The van der Waals surface area contributed by atoms with Crippen molar-refractivity contribution in [1.82, 2.24) is 4.90 Å². The normalized spacial score (nSPS) is 10.7. The summed E-state index contributed by atoms with van der Waals surface area (Å²) in [6.07, 6.45) is 1.45. The van der Waals surface area contributed by atoms with Crippen LogP contribution in [-0.2, 0) is 6.54 Å². The smallest absolute Gasteiger partial charge is 0.291 e. The number of nitrogens with one attached hydrogen (secondary N) is 1. The van der Waals surface area contributed by atoms with Crippen molar-refractivity contribution >= 4 is 28.3 Å². The molecule has 3 aromatic carbocycles. The second-order valence-corrected chi connectivity index (χ2v) is 7.30. The maximum Gasteiger partial charge on any atom is 0.291 e. The molecule has 0 saturated carbocycles. The lowest BCUT2D eigenvalue weighted by molar-refractivity contribution is 0.0785. The molecule has 5 nitrogen and oxygen atoms in total. The van der Waals surface area contributed by atoms with Crippen molar-refractivity contribution in [3.05, 3.63) is 102 Å². The van der Waals surface area contributed by atoms with Crippen molar-refractivity contribution in [2.45, 2.75) is 13.5 Å². The molecular formula is C25H22N2O3. The summed E-state index contributed by atoms with van der Waals surface area (Å²) < 4.78 is 5.13. The maximum absolute atomic E-state index is 13.0. The van der Waals surface area contributed by atoms with Gasteiger partial charge in [-0.1, -0.05) is 42.5 Å². The Kier molecular flexibility index (Phi) is 5.35. The number of carbonyl (C=O) groups excluding carboxylic acids is 2. The Hall–Kier alpha value is -3.86. The van der Waals surface area contributed by atoms with Crippen LogP contribution in [0.15, 0.2) is 83.5 Å². The van der Waals surface area contributed by atoms with E-state index in [9.17, 15) is 9.59 Å². The van der Waals surface area contributed by atoms with Crippen LogP contribution in [0.25, 0.3) is 10.8 Å². The fourth-order valence-corrected chi connectivity index (χ4v) is 3.38. The van der Waals surface area contributed by atoms with Crippen LogP contribution in [0, 0.1) is 6.92 Å². The van der Waals surface area contributed by atoms with E-state index in [1.807, 2.05) is 31.2 Å². The highest BCUT2D eigenvalue weighted by molar-refractivity contribution is 6.04. The third-order valence-electron chi connectivity index (χ3n) is 5.06. The van der Waals surface area contributed by atoms with Gasteiger partial charge in [-0.05, 0) is 59.2 Å². The molecule has 0 bridgehead atoms. The van der Waals surface area contributed by atoms with Gasteiger partial charge in [-0.3, -0.25) is 9.59 Å². The average molecular weight is 398 g/mol. The van der Waals surface area contributed by atoms with Gasteiger partial charge in [0.2, 0.25) is 0 Å². The van der Waals surface area contributed by atoms with E-state index in [1.54, 1.807) is 36.2 Å². The molecule has 0 spiro atoms. The fourth-order valence-electron chi connectivity index (χ4n) is 3.38. The molecule has 0 fully saturated rings. The van der Waals surface area contributed by atoms with Crippen molar-refractivity contribution in [1.29, 1.82) is 0 Å². The highest BCUT2D eigenvalue weighted by atomic mass is 16.3. The van der Waals surface area contributed by atoms with Gasteiger partial charge < -0.3 is 14.6 Å². The topological polar surface area (TPSA) is 62.6 Å². The van der Waals surface area contributed by atoms with Gasteiger partial charge in [0, 0.05) is 24.8 Å². The number of carbonyl (C=O) groups is 2. The lowest BCUT2D eigenvalue weighted by Gasteiger charge is -2.19. The molecule has 0 aliphatic heterocycles. The summed E-state index contributed by atoms with van der Waals surface area (Å²) >= 11 is 0. The third-order valence-corrected chi connectivity index (χ3v) is 5.06. The second kappa shape index (κ2) is 8.25. The van der Waals surface area contributed by atoms with E-state index < -0.39 is 0 Å². The van der Waals surface area contributed by atoms with E-state index in [1.165, 1.54) is 11.6 Å². The Morgan fingerprint density at radius 2 is 1.73 bits per heavy atom. The molecule has 30 heavy (non-hydrogen) atoms. The number of nitrogens with zero attached hydrogens (tertiary/aromatic N) is 1. The molecule has 2 amide bonds. The van der Waals surface area contributed by atoms with Crippen LogP contribution >= 0.6 is 0 Å². The zero-order chi connectivity index (χ0) is 21.1. The van der Waals surface area contributed by atoms with Gasteiger partial charge in [-0.15, -0.1) is 0 Å². The Bertz CT molecular complexity index is 1210. The van der Waals surface area contributed by atoms with Crippen LogP contribution in [0.4, 0.5) is 5.69 Å². The predicted octanol–water partition coefficient (Wildman–Crippen LogP) is 5.27. The molecule has 1 N–H and O–H groups in total. The van der Waals surface area contributed by atoms with Gasteiger partial charge in [0.15, 0.2) is 5.76 Å². The number of rotatable bonds is 5. The zero-order valence-electron chi connectivity index (χ0n) is 16.9. The van der Waals surface area contributed by atoms with E-state index in [-0.39, 0.29) is 17.6 Å². The summed E-state index contributed by atoms with van der Waals surface area (Å²) in [5.74, 6) is -0.242. The Morgan fingerprint density at radius 1 is 0.933 bits per heavy atom. The summed E-state index contributed by atoms with van der Waals surface area (Å²) in [5.41, 5.74) is 3.02. The lowest BCUT2D eigenvalue weighted by Crippen LogP contribution is -2.26. The van der Waals surface area contributed by atoms with E-state index in [4.69, 9.17) is 4.42 Å². The third kappa shape index (κ3) is 4.10. The first-order valence-corrected chi connectivity index (χ1v) is 9.70. The molecule has 4 rings (SSSR count). The number of anilines is 1. The number of benzene rings is 3. The first-order chi connectivity index (χ1) is 14.5. The predicted molar refractivity (Wildman–Crippen MR) is 118 cm³/mol. The summed E-state index contributed by atoms with van der Waals surface area (Å²) in [4.78, 5) is 26.9. The highest BCUT2D eigenvalue weighted by Crippen LogP contribution is 2.21. The molecule has 5 heteroatoms. The number of hydrogen-bond donors (Lipinski definition) is 1. The summed E-state index contributed by atoms with van der Waals surface area (Å²) in [7, 11) is 1.78. The largest absolute Gasteiger partial charge is 0.459 e. The standard InChI is InChI=1S/C25H22N2O3/c1-17-9-11-21(15-22(17)26-24(28)23-8-5-13-30-23)25(29)27(2)16-18-10-12-19-6-3-4-7-20(19)14-18/h3-15H,16H2,1-2H3,(H,26,28). The average Bonchev–Trinajstić information content (AvgIpc) is 3.30. The molecular weight excluding hydrogens is 376 g/mol. The van der Waals surface area contributed by atoms with Crippen LogP contribution in [0.3, 0.4) is 0 Å². The first-order valence-electron chi connectivity index (χ1n) is 9.70. The van der Waals surface area contributed by atoms with Crippen LogP contribution in [0.5, 0.6) is 0 Å². The number of aryl methyl sites for hydroxylation is 1. The van der Waals surface area contributed by atoms with Crippen molar-refractivity contribution in [2.24, 2.45) is 0 Å². The minimum atomic E-state index is -0.350. The molecule has 4 aromatic rings. The molecule has 0 unspecified atom stereocenters. The van der Waals surface area contributed by atoms with Crippen LogP contribution in [0.2, 0.25) is 0 Å². The van der Waals surface area contributed by atoms with Crippen molar-refractivity contribution in [3.63, 3.8) is 0 Å². The molecule has 0 radical (unpaired) electrons. The quantitative estimate of drug-likeness (QED) is 0.498. The van der Waals surface area contributed by atoms with Crippen molar-refractivity contribution < 1.29 is 14.0 Å². The molecule has 0 aliphatic rings. The summed E-state index contributed by atoms with van der Waals surface area (Å²) in [6.45, 7) is 2.37. The van der Waals surface area contributed by atoms with Gasteiger partial charge in [-0.2, -0.15) is 0 Å². The first kappa shape index (κ1) is 19.5. The molecule has 150 valence electrons. The van der Waals surface area contributed by atoms with Crippen LogP contribution in [-0.4, -0.2) is 23.8 Å². The zero-order valence-corrected chi connectivity index (χ0v) is 16.9. The van der Waals surface area contributed by atoms with Gasteiger partial charge >= 0.3 is 0 Å². The Labute approximate surface area is 174 Å². The van der Waals surface area contributed by atoms with E-state index in [2.05, 4.69) is 29.6 Å². The number of hydrogen-bond acceptors (Lipinski definition) is 3. The molecule has 0 atom stereocenters. The van der Waals surface area contributed by atoms with E-state index >= 15 is 0 Å². The van der Waals surface area contributed by atoms with Gasteiger partial charge in [0.1, 0.15) is 0 Å². The van der Waals surface area contributed by atoms with E-state index in [0.29, 0.717) is 17.8 Å². The number of fused-ring (bicyclic) bond motifs is 1. The Balaban J connectivity index is 1.51. The SMILES string of the molecule is Cc1ccc(C(=O)N(C)Cc2ccc3ccccc3c2)cc1NC(=O)c1ccco1. The van der Waals surface area contributed by atoms with Crippen molar-refractivity contribution in [3.8, 4) is 0 Å². The van der Waals surface area contributed by atoms with Crippen molar-refractivity contribution in [2.75, 3.05) is 12.4 Å². The molecule has 0 aliphatic carbocycles. The second-order valence-electron chi connectivity index (χ2n) is 7.30.